The van der Waals surface area contributed by atoms with Gasteiger partial charge in [-0.3, -0.25) is 0 Å². The monoisotopic (exact) mass is 232 g/mol. The van der Waals surface area contributed by atoms with E-state index >= 15 is 0 Å². The van der Waals surface area contributed by atoms with Gasteiger partial charge >= 0.3 is 0 Å². The molecule has 82 valence electrons. The number of aryl methyl sites for hydroxylation is 2. The molecule has 4 heteroatoms. The van der Waals surface area contributed by atoms with Gasteiger partial charge in [-0.05, 0) is 49.7 Å². The summed E-state index contributed by atoms with van der Waals surface area (Å²) in [6, 6.07) is 9.06. The van der Waals surface area contributed by atoms with Crippen LogP contribution in [0, 0.1) is 13.8 Å². The number of aromatic hydroxyl groups is 1. The Balaban J connectivity index is 2.20. The predicted octanol–water partition coefficient (Wildman–Crippen LogP) is 2.95. The summed E-state index contributed by atoms with van der Waals surface area (Å²) in [5.41, 5.74) is 2.09. The first kappa shape index (κ1) is 11.0. The van der Waals surface area contributed by atoms with Gasteiger partial charge in [0, 0.05) is 4.90 Å². The summed E-state index contributed by atoms with van der Waals surface area (Å²) >= 11 is 1.53. The molecule has 2 rings (SSSR count). The lowest BCUT2D eigenvalue weighted by Gasteiger charge is -2.02. The maximum atomic E-state index is 9.17. The van der Waals surface area contributed by atoms with Gasteiger partial charge in [0.05, 0.1) is 5.69 Å². The number of hydrogen-bond donors (Lipinski definition) is 1. The van der Waals surface area contributed by atoms with Gasteiger partial charge in [0.1, 0.15) is 10.8 Å². The van der Waals surface area contributed by atoms with Crippen LogP contribution in [0.15, 0.2) is 40.3 Å². The molecule has 1 aromatic heterocycles. The number of benzene rings is 1. The van der Waals surface area contributed by atoms with E-state index in [4.69, 9.17) is 5.11 Å². The zero-order chi connectivity index (χ0) is 11.5. The van der Waals surface area contributed by atoms with E-state index in [0.717, 1.165) is 21.2 Å². The summed E-state index contributed by atoms with van der Waals surface area (Å²) in [5, 5.41) is 18.2. The molecule has 0 aliphatic heterocycles. The first-order chi connectivity index (χ1) is 7.65. The van der Waals surface area contributed by atoms with Crippen LogP contribution in [0.3, 0.4) is 0 Å². The number of phenols is 1. The minimum atomic E-state index is 0.274. The lowest BCUT2D eigenvalue weighted by molar-refractivity contribution is 0.475. The van der Waals surface area contributed by atoms with Crippen molar-refractivity contribution in [3.8, 4) is 5.75 Å². The first-order valence-corrected chi connectivity index (χ1v) is 5.74. The summed E-state index contributed by atoms with van der Waals surface area (Å²) in [5.74, 6) is 0.274. The van der Waals surface area contributed by atoms with Crippen molar-refractivity contribution >= 4 is 11.8 Å². The molecule has 0 spiro atoms. The molecular weight excluding hydrogens is 220 g/mol. The Kier molecular flexibility index (Phi) is 3.10. The third kappa shape index (κ3) is 2.52. The fourth-order valence-corrected chi connectivity index (χ4v) is 2.04. The van der Waals surface area contributed by atoms with Gasteiger partial charge in [0.2, 0.25) is 0 Å². The number of aromatic nitrogens is 2. The maximum Gasteiger partial charge on any atom is 0.124 e. The predicted molar refractivity (Wildman–Crippen MR) is 63.7 cm³/mol. The molecule has 0 saturated carbocycles. The van der Waals surface area contributed by atoms with Crippen molar-refractivity contribution in [1.29, 1.82) is 0 Å². The number of nitrogens with zero attached hydrogens (tertiary/aromatic N) is 2. The molecule has 0 aliphatic carbocycles. The molecule has 0 amide bonds. The van der Waals surface area contributed by atoms with Crippen LogP contribution in [-0.4, -0.2) is 15.3 Å². The summed E-state index contributed by atoms with van der Waals surface area (Å²) in [4.78, 5) is 1.04. The van der Waals surface area contributed by atoms with Crippen molar-refractivity contribution < 1.29 is 5.11 Å². The van der Waals surface area contributed by atoms with E-state index in [-0.39, 0.29) is 5.75 Å². The number of rotatable bonds is 2. The average Bonchev–Trinajstić information content (AvgIpc) is 2.27. The SMILES string of the molecule is Cc1cc(Sc2ccc(O)cc2)nnc1C. The number of hydrogen-bond acceptors (Lipinski definition) is 4. The molecule has 0 aliphatic rings. The highest BCUT2D eigenvalue weighted by Gasteiger charge is 2.02. The fraction of sp³-hybridized carbons (Fsp3) is 0.167. The molecule has 0 bridgehead atoms. The highest BCUT2D eigenvalue weighted by molar-refractivity contribution is 7.99. The Hall–Kier alpha value is -1.55. The first-order valence-electron chi connectivity index (χ1n) is 4.93. The number of phenolic OH excluding ortho intramolecular Hbond substituents is 1. The van der Waals surface area contributed by atoms with E-state index in [1.54, 1.807) is 12.1 Å². The largest absolute Gasteiger partial charge is 0.508 e. The second-order valence-corrected chi connectivity index (χ2v) is 4.64. The van der Waals surface area contributed by atoms with Gasteiger partial charge in [-0.25, -0.2) is 0 Å². The van der Waals surface area contributed by atoms with Gasteiger partial charge in [-0.2, -0.15) is 5.10 Å². The summed E-state index contributed by atoms with van der Waals surface area (Å²) in [6.45, 7) is 3.96. The molecule has 1 N–H and O–H groups in total. The lowest BCUT2D eigenvalue weighted by Crippen LogP contribution is -1.92. The minimum Gasteiger partial charge on any atom is -0.508 e. The molecule has 0 unspecified atom stereocenters. The molecule has 1 heterocycles. The molecule has 0 radical (unpaired) electrons. The Morgan fingerprint density at radius 3 is 2.38 bits per heavy atom. The van der Waals surface area contributed by atoms with Crippen LogP contribution in [0.25, 0.3) is 0 Å². The quantitative estimate of drug-likeness (QED) is 0.864. The second-order valence-electron chi connectivity index (χ2n) is 3.55. The van der Waals surface area contributed by atoms with Crippen LogP contribution in [0.2, 0.25) is 0 Å². The van der Waals surface area contributed by atoms with Crippen molar-refractivity contribution in [3.05, 3.63) is 41.6 Å². The topological polar surface area (TPSA) is 46.0 Å². The van der Waals surface area contributed by atoms with E-state index in [1.807, 2.05) is 32.0 Å². The van der Waals surface area contributed by atoms with Gasteiger partial charge in [0.25, 0.3) is 0 Å². The van der Waals surface area contributed by atoms with Crippen molar-refractivity contribution in [1.82, 2.24) is 10.2 Å². The Morgan fingerprint density at radius 1 is 1.06 bits per heavy atom. The van der Waals surface area contributed by atoms with Crippen LogP contribution in [-0.2, 0) is 0 Å². The van der Waals surface area contributed by atoms with E-state index in [1.165, 1.54) is 11.8 Å². The molecule has 0 saturated heterocycles. The zero-order valence-corrected chi connectivity index (χ0v) is 9.95. The van der Waals surface area contributed by atoms with Crippen molar-refractivity contribution in [2.75, 3.05) is 0 Å². The van der Waals surface area contributed by atoms with E-state index in [9.17, 15) is 0 Å². The molecule has 2 aromatic rings. The summed E-state index contributed by atoms with van der Waals surface area (Å²) in [6.07, 6.45) is 0. The molecule has 3 nitrogen and oxygen atoms in total. The summed E-state index contributed by atoms with van der Waals surface area (Å²) in [7, 11) is 0. The van der Waals surface area contributed by atoms with Crippen molar-refractivity contribution in [2.24, 2.45) is 0 Å². The van der Waals surface area contributed by atoms with Crippen LogP contribution in [0.1, 0.15) is 11.3 Å². The average molecular weight is 232 g/mol. The van der Waals surface area contributed by atoms with Gasteiger partial charge < -0.3 is 5.11 Å². The van der Waals surface area contributed by atoms with Crippen molar-refractivity contribution in [3.63, 3.8) is 0 Å². The van der Waals surface area contributed by atoms with Crippen LogP contribution < -0.4 is 0 Å². The smallest absolute Gasteiger partial charge is 0.124 e. The Labute approximate surface area is 98.5 Å². The molecule has 1 aromatic carbocycles. The fourth-order valence-electron chi connectivity index (χ4n) is 1.21. The van der Waals surface area contributed by atoms with Crippen LogP contribution in [0.4, 0.5) is 0 Å². The molecular formula is C12H12N2OS. The lowest BCUT2D eigenvalue weighted by atomic mass is 10.3. The second kappa shape index (κ2) is 4.53. The molecule has 0 fully saturated rings. The Morgan fingerprint density at radius 2 is 1.75 bits per heavy atom. The molecule has 16 heavy (non-hydrogen) atoms. The maximum absolute atomic E-state index is 9.17. The highest BCUT2D eigenvalue weighted by Crippen LogP contribution is 2.27. The Bertz CT molecular complexity index is 497. The zero-order valence-electron chi connectivity index (χ0n) is 9.14. The molecule has 0 atom stereocenters. The van der Waals surface area contributed by atoms with Gasteiger partial charge in [-0.15, -0.1) is 5.10 Å². The van der Waals surface area contributed by atoms with Gasteiger partial charge in [0.15, 0.2) is 0 Å². The van der Waals surface area contributed by atoms with Gasteiger partial charge in [-0.1, -0.05) is 11.8 Å². The third-order valence-corrected chi connectivity index (χ3v) is 3.18. The summed E-state index contributed by atoms with van der Waals surface area (Å²) < 4.78 is 0. The third-order valence-electron chi connectivity index (χ3n) is 2.27. The van der Waals surface area contributed by atoms with E-state index < -0.39 is 0 Å². The van der Waals surface area contributed by atoms with E-state index in [0.29, 0.717) is 0 Å². The van der Waals surface area contributed by atoms with Crippen molar-refractivity contribution in [2.45, 2.75) is 23.8 Å². The highest BCUT2D eigenvalue weighted by atomic mass is 32.2. The van der Waals surface area contributed by atoms with Crippen LogP contribution in [0.5, 0.6) is 5.75 Å². The standard InChI is InChI=1S/C12H12N2OS/c1-8-7-12(14-13-9(8)2)16-11-5-3-10(15)4-6-11/h3-7,15H,1-2H3. The normalized spacial score (nSPS) is 10.4. The van der Waals surface area contributed by atoms with Crippen LogP contribution >= 0.6 is 11.8 Å². The van der Waals surface area contributed by atoms with E-state index in [2.05, 4.69) is 10.2 Å². The minimum absolute atomic E-state index is 0.274.